The minimum atomic E-state index is -0.0719. The summed E-state index contributed by atoms with van der Waals surface area (Å²) < 4.78 is 0. The lowest BCUT2D eigenvalue weighted by Gasteiger charge is -2.02. The lowest BCUT2D eigenvalue weighted by molar-refractivity contribution is 0.825. The highest BCUT2D eigenvalue weighted by Crippen LogP contribution is 2.20. The molecule has 4 nitrogen and oxygen atoms in total. The first-order valence-corrected chi connectivity index (χ1v) is 4.84. The van der Waals surface area contributed by atoms with Crippen LogP contribution in [0.5, 0.6) is 0 Å². The van der Waals surface area contributed by atoms with Crippen LogP contribution in [0.4, 0.5) is 0 Å². The molecule has 0 fully saturated rings. The Balaban J connectivity index is 0.000000980. The van der Waals surface area contributed by atoms with Crippen molar-refractivity contribution in [2.24, 2.45) is 0 Å². The second kappa shape index (κ2) is 2.92. The summed E-state index contributed by atoms with van der Waals surface area (Å²) in [6.07, 6.45) is 1.50. The first-order chi connectivity index (χ1) is 6.18. The highest BCUT2D eigenvalue weighted by atomic mass is 32.1. The molecule has 0 aliphatic carbocycles. The number of hydrogen-bond acceptors (Lipinski definition) is 4. The molecule has 1 N–H and O–H groups in total. The molecule has 2 rings (SSSR count). The first-order valence-electron chi connectivity index (χ1n) is 4.02. The molecular formula is C8H11N3OS. The van der Waals surface area contributed by atoms with E-state index in [0.717, 1.165) is 27.4 Å². The summed E-state index contributed by atoms with van der Waals surface area (Å²) in [6.45, 7) is 4.08. The molecular weight excluding hydrogens is 186 g/mol. The molecule has 70 valence electrons. The molecule has 0 saturated heterocycles. The van der Waals surface area contributed by atoms with Crippen LogP contribution in [0.1, 0.15) is 26.9 Å². The Kier molecular flexibility index (Phi) is 1.88. The lowest BCUT2D eigenvalue weighted by Crippen LogP contribution is -1.97. The first kappa shape index (κ1) is 8.37. The van der Waals surface area contributed by atoms with E-state index in [-0.39, 0.29) is 6.30 Å². The average molecular weight is 197 g/mol. The molecule has 5 heteroatoms. The van der Waals surface area contributed by atoms with Crippen molar-refractivity contribution >= 4 is 21.7 Å². The van der Waals surface area contributed by atoms with Gasteiger partial charge in [0, 0.05) is 1.43 Å². The van der Waals surface area contributed by atoms with Crippen LogP contribution in [0, 0.1) is 0 Å². The van der Waals surface area contributed by atoms with Crippen LogP contribution in [0.3, 0.4) is 0 Å². The normalized spacial score (nSPS) is 11.3. The molecule has 0 aliphatic heterocycles. The molecule has 0 bridgehead atoms. The van der Waals surface area contributed by atoms with Gasteiger partial charge in [-0.15, -0.1) is 0 Å². The Bertz CT molecular complexity index is 491. The Morgan fingerprint density at radius 1 is 1.54 bits per heavy atom. The van der Waals surface area contributed by atoms with Gasteiger partial charge in [0.05, 0.1) is 5.69 Å². The predicted octanol–water partition coefficient (Wildman–Crippen LogP) is 1.75. The summed E-state index contributed by atoms with van der Waals surface area (Å²) >= 11 is 1.12. The maximum Gasteiger partial charge on any atom is 0.307 e. The maximum atomic E-state index is 11.1. The van der Waals surface area contributed by atoms with Gasteiger partial charge < -0.3 is 4.98 Å². The van der Waals surface area contributed by atoms with E-state index in [0.29, 0.717) is 5.92 Å². The number of nitrogens with one attached hydrogen (secondary N) is 1. The van der Waals surface area contributed by atoms with Crippen LogP contribution in [0.15, 0.2) is 11.1 Å². The molecule has 0 saturated carbocycles. The van der Waals surface area contributed by atoms with Gasteiger partial charge in [0.25, 0.3) is 0 Å². The molecule has 0 atom stereocenters. The second-order valence-corrected chi connectivity index (χ2v) is 4.07. The van der Waals surface area contributed by atoms with E-state index in [1.165, 1.54) is 6.33 Å². The molecule has 0 amide bonds. The van der Waals surface area contributed by atoms with Gasteiger partial charge in [0.2, 0.25) is 0 Å². The van der Waals surface area contributed by atoms with E-state index >= 15 is 0 Å². The van der Waals surface area contributed by atoms with Crippen LogP contribution in [0.25, 0.3) is 10.3 Å². The summed E-state index contributed by atoms with van der Waals surface area (Å²) in [5.74, 6) is 0.302. The number of H-pyrrole nitrogens is 1. The van der Waals surface area contributed by atoms with E-state index in [1.807, 2.05) is 13.8 Å². The van der Waals surface area contributed by atoms with Gasteiger partial charge in [0.15, 0.2) is 0 Å². The van der Waals surface area contributed by atoms with Crippen molar-refractivity contribution in [2.45, 2.75) is 19.8 Å². The van der Waals surface area contributed by atoms with Gasteiger partial charge in [-0.2, -0.15) is 0 Å². The molecule has 0 spiro atoms. The summed E-state index contributed by atoms with van der Waals surface area (Å²) in [7, 11) is 0. The molecule has 0 unspecified atom stereocenters. The summed E-state index contributed by atoms with van der Waals surface area (Å²) in [5, 5.41) is 0. The molecule has 0 radical (unpaired) electrons. The van der Waals surface area contributed by atoms with Crippen molar-refractivity contribution in [3.05, 3.63) is 21.7 Å². The number of rotatable bonds is 1. The zero-order valence-corrected chi connectivity index (χ0v) is 8.18. The van der Waals surface area contributed by atoms with Crippen LogP contribution in [-0.2, 0) is 0 Å². The van der Waals surface area contributed by atoms with E-state index < -0.39 is 0 Å². The van der Waals surface area contributed by atoms with Crippen molar-refractivity contribution in [2.75, 3.05) is 0 Å². The van der Waals surface area contributed by atoms with E-state index in [2.05, 4.69) is 15.0 Å². The second-order valence-electron chi connectivity index (χ2n) is 3.11. The van der Waals surface area contributed by atoms with E-state index in [1.54, 1.807) is 0 Å². The van der Waals surface area contributed by atoms with Crippen molar-refractivity contribution < 1.29 is 1.43 Å². The highest BCUT2D eigenvalue weighted by Gasteiger charge is 2.09. The zero-order valence-electron chi connectivity index (χ0n) is 7.37. The van der Waals surface area contributed by atoms with Gasteiger partial charge >= 0.3 is 4.87 Å². The molecule has 13 heavy (non-hydrogen) atoms. The lowest BCUT2D eigenvalue weighted by atomic mass is 10.1. The fourth-order valence-corrected chi connectivity index (χ4v) is 1.92. The third kappa shape index (κ3) is 1.35. The Labute approximate surface area is 80.2 Å². The van der Waals surface area contributed by atoms with Crippen LogP contribution in [-0.4, -0.2) is 15.0 Å². The Morgan fingerprint density at radius 2 is 2.31 bits per heavy atom. The summed E-state index contributed by atoms with van der Waals surface area (Å²) in [6, 6.07) is 0. The van der Waals surface area contributed by atoms with Crippen LogP contribution in [0.2, 0.25) is 0 Å². The monoisotopic (exact) mass is 197 g/mol. The smallest absolute Gasteiger partial charge is 0.307 e. The van der Waals surface area contributed by atoms with Crippen molar-refractivity contribution in [3.8, 4) is 0 Å². The van der Waals surface area contributed by atoms with Crippen LogP contribution >= 0.6 is 11.3 Å². The van der Waals surface area contributed by atoms with Gasteiger partial charge in [-0.1, -0.05) is 25.2 Å². The predicted molar refractivity (Wildman–Crippen MR) is 54.2 cm³/mol. The SMILES string of the molecule is CC(C)c1ncnc2sc(=O)[nH]c12.[HH]. The van der Waals surface area contributed by atoms with Gasteiger partial charge in [-0.05, 0) is 5.92 Å². The molecule has 2 aromatic heterocycles. The largest absolute Gasteiger partial charge is 0.309 e. The zero-order chi connectivity index (χ0) is 9.42. The van der Waals surface area contributed by atoms with Gasteiger partial charge in [-0.3, -0.25) is 4.79 Å². The number of fused-ring (bicyclic) bond motifs is 1. The van der Waals surface area contributed by atoms with Gasteiger partial charge in [-0.25, -0.2) is 9.97 Å². The molecule has 0 aromatic carbocycles. The minimum Gasteiger partial charge on any atom is -0.309 e. The number of aromatic nitrogens is 3. The quantitative estimate of drug-likeness (QED) is 0.757. The highest BCUT2D eigenvalue weighted by molar-refractivity contribution is 7.15. The average Bonchev–Trinajstić information content (AvgIpc) is 2.43. The minimum absolute atomic E-state index is 0. The fourth-order valence-electron chi connectivity index (χ4n) is 1.23. The molecule has 2 aromatic rings. The van der Waals surface area contributed by atoms with Crippen molar-refractivity contribution in [3.63, 3.8) is 0 Å². The topological polar surface area (TPSA) is 58.6 Å². The van der Waals surface area contributed by atoms with E-state index in [9.17, 15) is 4.79 Å². The fraction of sp³-hybridized carbons (Fsp3) is 0.375. The third-order valence-corrected chi connectivity index (χ3v) is 2.60. The van der Waals surface area contributed by atoms with E-state index in [4.69, 9.17) is 0 Å². The van der Waals surface area contributed by atoms with Crippen molar-refractivity contribution in [1.82, 2.24) is 15.0 Å². The number of thiazole rings is 1. The standard InChI is InChI=1S/C8H9N3OS.H2/c1-4(2)5-6-7(10-3-9-5)13-8(12)11-6;/h3-4H,1-2H3,(H,11,12);1H. The van der Waals surface area contributed by atoms with Gasteiger partial charge in [0.1, 0.15) is 16.7 Å². The number of aromatic amines is 1. The third-order valence-electron chi connectivity index (χ3n) is 1.81. The Hall–Kier alpha value is -1.23. The summed E-state index contributed by atoms with van der Waals surface area (Å²) in [5.41, 5.74) is 1.69. The van der Waals surface area contributed by atoms with Crippen LogP contribution < -0.4 is 4.87 Å². The maximum absolute atomic E-state index is 11.1. The van der Waals surface area contributed by atoms with Crippen molar-refractivity contribution in [1.29, 1.82) is 0 Å². The molecule has 0 aliphatic rings. The summed E-state index contributed by atoms with van der Waals surface area (Å²) in [4.78, 5) is 22.6. The Morgan fingerprint density at radius 3 is 3.00 bits per heavy atom. The number of nitrogens with zero attached hydrogens (tertiary/aromatic N) is 2. The molecule has 2 heterocycles. The number of hydrogen-bond donors (Lipinski definition) is 1.